The Morgan fingerprint density at radius 1 is 1.06 bits per heavy atom. The minimum atomic E-state index is -0.483. The summed E-state index contributed by atoms with van der Waals surface area (Å²) in [5.41, 5.74) is 5.96. The van der Waals surface area contributed by atoms with Crippen LogP contribution in [0.15, 0.2) is 66.2 Å². The van der Waals surface area contributed by atoms with Crippen LogP contribution in [0.4, 0.5) is 5.69 Å². The number of hydrogen-bond acceptors (Lipinski definition) is 3. The van der Waals surface area contributed by atoms with Crippen LogP contribution in [0.1, 0.15) is 27.8 Å². The van der Waals surface area contributed by atoms with Crippen molar-refractivity contribution in [1.29, 1.82) is 5.26 Å². The highest BCUT2D eigenvalue weighted by Crippen LogP contribution is 2.25. The van der Waals surface area contributed by atoms with Crippen LogP contribution in [-0.2, 0) is 11.2 Å². The van der Waals surface area contributed by atoms with Crippen LogP contribution in [0.25, 0.3) is 6.08 Å². The first kappa shape index (κ1) is 22.1. The van der Waals surface area contributed by atoms with Gasteiger partial charge in [-0.1, -0.05) is 53.1 Å². The summed E-state index contributed by atoms with van der Waals surface area (Å²) in [5, 5.41) is 12.8. The van der Waals surface area contributed by atoms with Gasteiger partial charge in [0.1, 0.15) is 17.4 Å². The predicted octanol–water partition coefficient (Wildman–Crippen LogP) is 6.10. The molecular formula is C26H23ClN2O2. The minimum absolute atomic E-state index is 0.000868. The highest BCUT2D eigenvalue weighted by Gasteiger charge is 2.11. The van der Waals surface area contributed by atoms with Crippen LogP contribution in [0, 0.1) is 25.2 Å². The van der Waals surface area contributed by atoms with Gasteiger partial charge in [0.15, 0.2) is 0 Å². The molecule has 0 spiro atoms. The third kappa shape index (κ3) is 5.97. The molecule has 0 radical (unpaired) electrons. The highest BCUT2D eigenvalue weighted by atomic mass is 35.5. The zero-order valence-corrected chi connectivity index (χ0v) is 18.5. The largest absolute Gasteiger partial charge is 0.496 e. The van der Waals surface area contributed by atoms with E-state index in [4.69, 9.17) is 16.3 Å². The van der Waals surface area contributed by atoms with E-state index in [9.17, 15) is 10.1 Å². The number of nitrogens with one attached hydrogen (secondary N) is 1. The maximum atomic E-state index is 12.5. The number of carbonyl (C=O) groups is 1. The first-order valence-electron chi connectivity index (χ1n) is 9.80. The average molecular weight is 431 g/mol. The number of nitrogens with zero attached hydrogens (tertiary/aromatic N) is 1. The van der Waals surface area contributed by atoms with Crippen LogP contribution in [0.3, 0.4) is 0 Å². The molecule has 0 fully saturated rings. The topological polar surface area (TPSA) is 62.1 Å². The molecule has 3 aromatic carbocycles. The standard InChI is InChI=1S/C26H23ClN2O2/c1-17-10-18(2)12-20(11-17)14-21-5-4-19(15-25(21)31-3)13-22(16-28)26(30)29-24-8-6-23(27)7-9-24/h4-13,15H,14H2,1-3H3,(H,29,30)/b22-13+. The van der Waals surface area contributed by atoms with Gasteiger partial charge in [0.2, 0.25) is 0 Å². The van der Waals surface area contributed by atoms with E-state index < -0.39 is 5.91 Å². The summed E-state index contributed by atoms with van der Waals surface area (Å²) >= 11 is 5.86. The molecule has 1 N–H and O–H groups in total. The Morgan fingerprint density at radius 3 is 2.35 bits per heavy atom. The predicted molar refractivity (Wildman–Crippen MR) is 125 cm³/mol. The molecule has 5 heteroatoms. The summed E-state index contributed by atoms with van der Waals surface area (Å²) in [6, 6.07) is 20.8. The number of aryl methyl sites for hydroxylation is 2. The minimum Gasteiger partial charge on any atom is -0.496 e. The van der Waals surface area contributed by atoms with Crippen molar-refractivity contribution in [1.82, 2.24) is 0 Å². The summed E-state index contributed by atoms with van der Waals surface area (Å²) in [6.45, 7) is 4.17. The third-order valence-corrected chi connectivity index (χ3v) is 5.02. The average Bonchev–Trinajstić information content (AvgIpc) is 2.73. The van der Waals surface area contributed by atoms with E-state index in [1.165, 1.54) is 16.7 Å². The fourth-order valence-electron chi connectivity index (χ4n) is 3.43. The second-order valence-electron chi connectivity index (χ2n) is 7.37. The molecule has 31 heavy (non-hydrogen) atoms. The normalized spacial score (nSPS) is 11.0. The van der Waals surface area contributed by atoms with E-state index in [-0.39, 0.29) is 5.57 Å². The number of nitriles is 1. The molecule has 0 saturated carbocycles. The number of methoxy groups -OCH3 is 1. The van der Waals surface area contributed by atoms with Gasteiger partial charge in [-0.3, -0.25) is 4.79 Å². The second kappa shape index (κ2) is 9.97. The van der Waals surface area contributed by atoms with Crippen molar-refractivity contribution in [3.05, 3.63) is 99.1 Å². The molecule has 0 bridgehead atoms. The summed E-state index contributed by atoms with van der Waals surface area (Å²) in [7, 11) is 1.62. The third-order valence-electron chi connectivity index (χ3n) is 4.77. The van der Waals surface area contributed by atoms with Crippen LogP contribution in [0.2, 0.25) is 5.02 Å². The fraction of sp³-hybridized carbons (Fsp3) is 0.154. The monoisotopic (exact) mass is 430 g/mol. The Bertz CT molecular complexity index is 1150. The van der Waals surface area contributed by atoms with Crippen LogP contribution < -0.4 is 10.1 Å². The van der Waals surface area contributed by atoms with E-state index in [0.717, 1.165) is 12.0 Å². The molecule has 3 aromatic rings. The molecule has 0 unspecified atom stereocenters. The van der Waals surface area contributed by atoms with E-state index in [1.54, 1.807) is 37.5 Å². The lowest BCUT2D eigenvalue weighted by Crippen LogP contribution is -2.13. The number of anilines is 1. The number of ether oxygens (including phenoxy) is 1. The Kier molecular flexibility index (Phi) is 7.12. The van der Waals surface area contributed by atoms with Crippen LogP contribution in [0.5, 0.6) is 5.75 Å². The summed E-state index contributed by atoms with van der Waals surface area (Å²) in [4.78, 5) is 12.5. The van der Waals surface area contributed by atoms with Crippen molar-refractivity contribution in [3.63, 3.8) is 0 Å². The Morgan fingerprint density at radius 2 is 1.74 bits per heavy atom. The molecule has 0 saturated heterocycles. The number of rotatable bonds is 6. The quantitative estimate of drug-likeness (QED) is 0.379. The number of hydrogen-bond donors (Lipinski definition) is 1. The maximum Gasteiger partial charge on any atom is 0.266 e. The molecular weight excluding hydrogens is 408 g/mol. The smallest absolute Gasteiger partial charge is 0.266 e. The number of carbonyl (C=O) groups excluding carboxylic acids is 1. The zero-order chi connectivity index (χ0) is 22.4. The lowest BCUT2D eigenvalue weighted by atomic mass is 9.98. The SMILES string of the molecule is COc1cc(/C=C(\C#N)C(=O)Nc2ccc(Cl)cc2)ccc1Cc1cc(C)cc(C)c1. The summed E-state index contributed by atoms with van der Waals surface area (Å²) in [6.07, 6.45) is 2.28. The molecule has 156 valence electrons. The van der Waals surface area contributed by atoms with E-state index in [0.29, 0.717) is 22.0 Å². The zero-order valence-electron chi connectivity index (χ0n) is 17.7. The van der Waals surface area contributed by atoms with E-state index in [2.05, 4.69) is 37.4 Å². The van der Waals surface area contributed by atoms with Gasteiger partial charge in [0, 0.05) is 17.1 Å². The van der Waals surface area contributed by atoms with Gasteiger partial charge in [-0.2, -0.15) is 5.26 Å². The number of benzene rings is 3. The van der Waals surface area contributed by atoms with Crippen LogP contribution >= 0.6 is 11.6 Å². The van der Waals surface area contributed by atoms with Gasteiger partial charge in [-0.15, -0.1) is 0 Å². The molecule has 0 aromatic heterocycles. The van der Waals surface area contributed by atoms with Crippen molar-refractivity contribution in [2.24, 2.45) is 0 Å². The Labute approximate surface area is 187 Å². The molecule has 0 atom stereocenters. The van der Waals surface area contributed by atoms with E-state index >= 15 is 0 Å². The number of amides is 1. The Balaban J connectivity index is 1.82. The maximum absolute atomic E-state index is 12.5. The van der Waals surface area contributed by atoms with Gasteiger partial charge < -0.3 is 10.1 Å². The highest BCUT2D eigenvalue weighted by molar-refractivity contribution is 6.30. The van der Waals surface area contributed by atoms with Crippen molar-refractivity contribution in [3.8, 4) is 11.8 Å². The van der Waals surface area contributed by atoms with Crippen molar-refractivity contribution in [2.75, 3.05) is 12.4 Å². The van der Waals surface area contributed by atoms with Gasteiger partial charge in [0.25, 0.3) is 5.91 Å². The molecule has 0 aliphatic carbocycles. The van der Waals surface area contributed by atoms with Gasteiger partial charge in [-0.05, 0) is 66.9 Å². The summed E-state index contributed by atoms with van der Waals surface area (Å²) in [5.74, 6) is 0.228. The lowest BCUT2D eigenvalue weighted by molar-refractivity contribution is -0.112. The first-order valence-corrected chi connectivity index (χ1v) is 10.2. The second-order valence-corrected chi connectivity index (χ2v) is 7.81. The van der Waals surface area contributed by atoms with Gasteiger partial charge in [0.05, 0.1) is 7.11 Å². The molecule has 0 aliphatic rings. The summed E-state index contributed by atoms with van der Waals surface area (Å²) < 4.78 is 5.58. The molecule has 0 heterocycles. The molecule has 3 rings (SSSR count). The molecule has 1 amide bonds. The fourth-order valence-corrected chi connectivity index (χ4v) is 3.56. The van der Waals surface area contributed by atoms with Crippen LogP contribution in [-0.4, -0.2) is 13.0 Å². The molecule has 4 nitrogen and oxygen atoms in total. The lowest BCUT2D eigenvalue weighted by Gasteiger charge is -2.11. The van der Waals surface area contributed by atoms with Crippen molar-refractivity contribution >= 4 is 29.3 Å². The molecule has 0 aliphatic heterocycles. The first-order chi connectivity index (χ1) is 14.9. The van der Waals surface area contributed by atoms with E-state index in [1.807, 2.05) is 24.3 Å². The Hall–Kier alpha value is -3.55. The van der Waals surface area contributed by atoms with Crippen molar-refractivity contribution in [2.45, 2.75) is 20.3 Å². The number of halogens is 1. The van der Waals surface area contributed by atoms with Crippen molar-refractivity contribution < 1.29 is 9.53 Å². The van der Waals surface area contributed by atoms with Gasteiger partial charge in [-0.25, -0.2) is 0 Å². The van der Waals surface area contributed by atoms with Gasteiger partial charge >= 0.3 is 0 Å².